The molecule has 4 fully saturated rings. The standard InChI is InChI=1S/C20H31NO4/c1-17-8-5-12-18(2)6-4-7-19(3,16(23)24)13(18)9-15(22)20(12,11-17)10-14(17)21-25/h12-13,15,22,25H,4-11H2,1-3H3,(H,23,24)/b21-14+/t12-,13-,15-,17-,18-,19+,20+/m0/s1. The fourth-order valence-corrected chi connectivity index (χ4v) is 7.83. The average molecular weight is 349 g/mol. The van der Waals surface area contributed by atoms with Gasteiger partial charge in [-0.2, -0.15) is 0 Å². The van der Waals surface area contributed by atoms with Gasteiger partial charge in [0.15, 0.2) is 0 Å². The predicted octanol–water partition coefficient (Wildman–Crippen LogP) is 3.68. The van der Waals surface area contributed by atoms with Crippen LogP contribution in [0, 0.1) is 33.5 Å². The minimum atomic E-state index is -0.747. The van der Waals surface area contributed by atoms with E-state index in [0.717, 1.165) is 37.8 Å². The van der Waals surface area contributed by atoms with Crippen LogP contribution in [-0.2, 0) is 4.79 Å². The summed E-state index contributed by atoms with van der Waals surface area (Å²) in [4.78, 5) is 12.1. The Hall–Kier alpha value is -1.10. The highest BCUT2D eigenvalue weighted by atomic mass is 16.4. The summed E-state index contributed by atoms with van der Waals surface area (Å²) in [6, 6.07) is 0. The number of nitrogens with zero attached hydrogens (tertiary/aromatic N) is 1. The molecule has 0 aromatic rings. The number of oxime groups is 1. The number of aliphatic hydroxyl groups excluding tert-OH is 1. The van der Waals surface area contributed by atoms with Crippen molar-refractivity contribution < 1.29 is 20.2 Å². The van der Waals surface area contributed by atoms with Gasteiger partial charge in [-0.1, -0.05) is 25.4 Å². The van der Waals surface area contributed by atoms with Crippen molar-refractivity contribution in [2.75, 3.05) is 0 Å². The second-order valence-corrected chi connectivity index (χ2v) is 10.2. The summed E-state index contributed by atoms with van der Waals surface area (Å²) in [6.07, 6.45) is 6.24. The Morgan fingerprint density at radius 2 is 1.88 bits per heavy atom. The fourth-order valence-electron chi connectivity index (χ4n) is 7.83. The highest BCUT2D eigenvalue weighted by Crippen LogP contribution is 2.73. The van der Waals surface area contributed by atoms with Crippen LogP contribution in [0.4, 0.5) is 0 Å². The molecule has 5 heteroatoms. The van der Waals surface area contributed by atoms with Gasteiger partial charge in [-0.05, 0) is 69.1 Å². The minimum absolute atomic E-state index is 0.0105. The lowest BCUT2D eigenvalue weighted by Crippen LogP contribution is -2.63. The van der Waals surface area contributed by atoms with Gasteiger partial charge in [0.1, 0.15) is 0 Å². The van der Waals surface area contributed by atoms with Gasteiger partial charge < -0.3 is 15.4 Å². The van der Waals surface area contributed by atoms with Crippen LogP contribution in [0.3, 0.4) is 0 Å². The third kappa shape index (κ3) is 1.93. The van der Waals surface area contributed by atoms with Crippen LogP contribution in [0.25, 0.3) is 0 Å². The Kier molecular flexibility index (Phi) is 3.46. The zero-order chi connectivity index (χ0) is 18.3. The monoisotopic (exact) mass is 349 g/mol. The molecule has 140 valence electrons. The van der Waals surface area contributed by atoms with Crippen LogP contribution in [0.5, 0.6) is 0 Å². The van der Waals surface area contributed by atoms with E-state index in [1.54, 1.807) is 0 Å². The maximum absolute atomic E-state index is 12.1. The highest BCUT2D eigenvalue weighted by molar-refractivity contribution is 5.93. The maximum Gasteiger partial charge on any atom is 0.309 e. The first kappa shape index (κ1) is 17.3. The molecule has 7 atom stereocenters. The second-order valence-electron chi connectivity index (χ2n) is 10.2. The number of aliphatic hydroxyl groups is 1. The van der Waals surface area contributed by atoms with Crippen LogP contribution in [0.1, 0.15) is 72.1 Å². The molecular weight excluding hydrogens is 318 g/mol. The van der Waals surface area contributed by atoms with E-state index in [9.17, 15) is 20.2 Å². The Bertz CT molecular complexity index is 648. The van der Waals surface area contributed by atoms with Crippen LogP contribution in [0.2, 0.25) is 0 Å². The third-order valence-electron chi connectivity index (χ3n) is 9.10. The van der Waals surface area contributed by atoms with E-state index >= 15 is 0 Å². The van der Waals surface area contributed by atoms with E-state index in [4.69, 9.17) is 0 Å². The Balaban J connectivity index is 1.81. The van der Waals surface area contributed by atoms with Crippen molar-refractivity contribution in [3.05, 3.63) is 0 Å². The lowest BCUT2D eigenvalue weighted by atomic mass is 9.39. The summed E-state index contributed by atoms with van der Waals surface area (Å²) >= 11 is 0. The van der Waals surface area contributed by atoms with Crippen LogP contribution < -0.4 is 0 Å². The minimum Gasteiger partial charge on any atom is -0.481 e. The molecule has 0 aromatic heterocycles. The molecule has 25 heavy (non-hydrogen) atoms. The largest absolute Gasteiger partial charge is 0.481 e. The number of carboxylic acid groups (broad SMARTS) is 1. The molecule has 4 saturated carbocycles. The van der Waals surface area contributed by atoms with E-state index in [1.165, 1.54) is 0 Å². The van der Waals surface area contributed by atoms with Crippen molar-refractivity contribution in [3.63, 3.8) is 0 Å². The molecule has 0 amide bonds. The first-order chi connectivity index (χ1) is 11.6. The van der Waals surface area contributed by atoms with Gasteiger partial charge in [0.2, 0.25) is 0 Å². The summed E-state index contributed by atoms with van der Waals surface area (Å²) in [5.74, 6) is -0.396. The molecule has 0 aliphatic heterocycles. The Labute approximate surface area is 149 Å². The lowest BCUT2D eigenvalue weighted by Gasteiger charge is -2.65. The molecule has 4 aliphatic rings. The maximum atomic E-state index is 12.1. The first-order valence-electron chi connectivity index (χ1n) is 9.75. The molecule has 2 bridgehead atoms. The van der Waals surface area contributed by atoms with Gasteiger partial charge in [-0.3, -0.25) is 4.79 Å². The molecule has 5 nitrogen and oxygen atoms in total. The topological polar surface area (TPSA) is 90.1 Å². The molecule has 0 unspecified atom stereocenters. The lowest BCUT2D eigenvalue weighted by molar-refractivity contribution is -0.211. The summed E-state index contributed by atoms with van der Waals surface area (Å²) < 4.78 is 0. The number of hydrogen-bond donors (Lipinski definition) is 3. The fraction of sp³-hybridized carbons (Fsp3) is 0.900. The Morgan fingerprint density at radius 1 is 1.16 bits per heavy atom. The molecule has 3 N–H and O–H groups in total. The van der Waals surface area contributed by atoms with E-state index < -0.39 is 17.5 Å². The number of aliphatic carboxylic acids is 1. The van der Waals surface area contributed by atoms with Crippen molar-refractivity contribution in [1.29, 1.82) is 0 Å². The molecule has 0 saturated heterocycles. The second kappa shape index (κ2) is 4.99. The summed E-state index contributed by atoms with van der Waals surface area (Å²) in [5, 5.41) is 34.3. The van der Waals surface area contributed by atoms with Crippen molar-refractivity contribution in [2.24, 2.45) is 38.7 Å². The number of hydrogen-bond acceptors (Lipinski definition) is 4. The van der Waals surface area contributed by atoms with E-state index in [0.29, 0.717) is 25.2 Å². The van der Waals surface area contributed by atoms with Gasteiger partial charge in [0, 0.05) is 10.8 Å². The van der Waals surface area contributed by atoms with Crippen molar-refractivity contribution >= 4 is 11.7 Å². The van der Waals surface area contributed by atoms with Gasteiger partial charge in [0.05, 0.1) is 17.2 Å². The summed E-state index contributed by atoms with van der Waals surface area (Å²) in [7, 11) is 0. The number of rotatable bonds is 1. The van der Waals surface area contributed by atoms with E-state index in [2.05, 4.69) is 19.0 Å². The molecule has 4 rings (SSSR count). The normalized spacial score (nSPS) is 56.3. The first-order valence-corrected chi connectivity index (χ1v) is 9.75. The van der Waals surface area contributed by atoms with E-state index in [1.807, 2.05) is 6.92 Å². The summed E-state index contributed by atoms with van der Waals surface area (Å²) in [6.45, 7) is 6.34. The SMILES string of the molecule is C[C@@]12CC[C@H]3[C@]4(C)CCC[C@@](C)(C(=O)O)[C@H]4C[C@H](O)[C@]3(C/C1=N\O)C2. The van der Waals surface area contributed by atoms with Crippen LogP contribution >= 0.6 is 0 Å². The third-order valence-corrected chi connectivity index (χ3v) is 9.10. The van der Waals surface area contributed by atoms with Gasteiger partial charge in [0.25, 0.3) is 0 Å². The highest BCUT2D eigenvalue weighted by Gasteiger charge is 2.70. The zero-order valence-corrected chi connectivity index (χ0v) is 15.6. The quantitative estimate of drug-likeness (QED) is 0.497. The zero-order valence-electron chi connectivity index (χ0n) is 15.6. The molecular formula is C20H31NO4. The van der Waals surface area contributed by atoms with Crippen LogP contribution in [0.15, 0.2) is 5.16 Å². The number of carboxylic acids is 1. The average Bonchev–Trinajstić information content (AvgIpc) is 2.77. The molecule has 1 spiro atoms. The van der Waals surface area contributed by atoms with Crippen molar-refractivity contribution in [1.82, 2.24) is 0 Å². The summed E-state index contributed by atoms with van der Waals surface area (Å²) in [5.41, 5.74) is -0.316. The van der Waals surface area contributed by atoms with Gasteiger partial charge in [-0.15, -0.1) is 0 Å². The molecule has 0 heterocycles. The predicted molar refractivity (Wildman–Crippen MR) is 93.5 cm³/mol. The molecule has 4 aliphatic carbocycles. The molecule has 0 radical (unpaired) electrons. The van der Waals surface area contributed by atoms with E-state index in [-0.39, 0.29) is 22.2 Å². The molecule has 0 aromatic carbocycles. The van der Waals surface area contributed by atoms with Crippen molar-refractivity contribution in [2.45, 2.75) is 78.2 Å². The van der Waals surface area contributed by atoms with Gasteiger partial charge in [-0.25, -0.2) is 0 Å². The number of fused-ring (bicyclic) bond motifs is 3. The smallest absolute Gasteiger partial charge is 0.309 e. The Morgan fingerprint density at radius 3 is 2.52 bits per heavy atom. The van der Waals surface area contributed by atoms with Crippen LogP contribution in [-0.4, -0.2) is 33.2 Å². The van der Waals surface area contributed by atoms with Gasteiger partial charge >= 0.3 is 5.97 Å². The van der Waals surface area contributed by atoms with Crippen molar-refractivity contribution in [3.8, 4) is 0 Å². The number of carbonyl (C=O) groups is 1.